The third-order valence-corrected chi connectivity index (χ3v) is 4.74. The van der Waals surface area contributed by atoms with E-state index in [0.29, 0.717) is 0 Å². The van der Waals surface area contributed by atoms with Gasteiger partial charge in [0.15, 0.2) is 0 Å². The molecule has 1 atom stereocenters. The van der Waals surface area contributed by atoms with E-state index in [0.717, 1.165) is 25.0 Å². The van der Waals surface area contributed by atoms with Crippen LogP contribution < -0.4 is 4.74 Å². The van der Waals surface area contributed by atoms with Gasteiger partial charge in [0, 0.05) is 0 Å². The van der Waals surface area contributed by atoms with Gasteiger partial charge in [-0.1, -0.05) is 51.0 Å². The van der Waals surface area contributed by atoms with E-state index >= 15 is 0 Å². The molecule has 0 heterocycles. The summed E-state index contributed by atoms with van der Waals surface area (Å²) in [5.74, 6) is 0.550. The highest BCUT2D eigenvalue weighted by molar-refractivity contribution is 5.23. The minimum atomic E-state index is -0.218. The normalized spacial score (nSPS) is 12.1. The molecule has 1 nitrogen and oxygen atoms in total. The molecular weight excluding hydrogens is 311 g/mol. The van der Waals surface area contributed by atoms with E-state index in [1.54, 1.807) is 12.1 Å². The number of ether oxygens (including phenoxy) is 1. The fraction of sp³-hybridized carbons (Fsp3) is 0.478. The van der Waals surface area contributed by atoms with E-state index in [4.69, 9.17) is 4.74 Å². The van der Waals surface area contributed by atoms with Crippen molar-refractivity contribution >= 4 is 0 Å². The predicted octanol–water partition coefficient (Wildman–Crippen LogP) is 6.74. The SMILES string of the molecule is CCc1ccc(CCCCCCC(CC)Oc2ccc(F)cc2)cc1. The second kappa shape index (κ2) is 10.9. The van der Waals surface area contributed by atoms with Crippen molar-refractivity contribution in [3.8, 4) is 5.75 Å². The lowest BCUT2D eigenvalue weighted by atomic mass is 10.0. The Morgan fingerprint density at radius 2 is 1.44 bits per heavy atom. The average Bonchev–Trinajstić information content (AvgIpc) is 2.65. The smallest absolute Gasteiger partial charge is 0.123 e. The zero-order valence-corrected chi connectivity index (χ0v) is 15.6. The average molecular weight is 342 g/mol. The number of benzene rings is 2. The van der Waals surface area contributed by atoms with Crippen molar-refractivity contribution in [2.75, 3.05) is 0 Å². The molecule has 2 aromatic carbocycles. The van der Waals surface area contributed by atoms with Crippen molar-refractivity contribution in [1.29, 1.82) is 0 Å². The van der Waals surface area contributed by atoms with Crippen LogP contribution in [0.25, 0.3) is 0 Å². The summed E-state index contributed by atoms with van der Waals surface area (Å²) in [5.41, 5.74) is 2.86. The number of hydrogen-bond donors (Lipinski definition) is 0. The second-order valence-electron chi connectivity index (χ2n) is 6.72. The van der Waals surface area contributed by atoms with Gasteiger partial charge in [-0.15, -0.1) is 0 Å². The van der Waals surface area contributed by atoms with Crippen molar-refractivity contribution < 1.29 is 9.13 Å². The molecule has 2 heteroatoms. The molecule has 2 rings (SSSR count). The van der Waals surface area contributed by atoms with Gasteiger partial charge in [-0.3, -0.25) is 0 Å². The molecule has 25 heavy (non-hydrogen) atoms. The fourth-order valence-electron chi connectivity index (χ4n) is 3.05. The van der Waals surface area contributed by atoms with E-state index in [-0.39, 0.29) is 11.9 Å². The molecule has 1 unspecified atom stereocenters. The summed E-state index contributed by atoms with van der Waals surface area (Å²) < 4.78 is 18.9. The van der Waals surface area contributed by atoms with E-state index in [1.807, 2.05) is 0 Å². The Hall–Kier alpha value is -1.83. The molecule has 0 N–H and O–H groups in total. The zero-order chi connectivity index (χ0) is 17.9. The van der Waals surface area contributed by atoms with Crippen LogP contribution in [-0.2, 0) is 12.8 Å². The van der Waals surface area contributed by atoms with Gasteiger partial charge in [0.1, 0.15) is 11.6 Å². The van der Waals surface area contributed by atoms with Crippen molar-refractivity contribution in [3.05, 3.63) is 65.5 Å². The van der Waals surface area contributed by atoms with Crippen LogP contribution in [0.1, 0.15) is 63.5 Å². The van der Waals surface area contributed by atoms with Crippen LogP contribution >= 0.6 is 0 Å². The van der Waals surface area contributed by atoms with Gasteiger partial charge in [-0.05, 0) is 73.9 Å². The molecule has 0 saturated heterocycles. The lowest BCUT2D eigenvalue weighted by Gasteiger charge is -2.17. The molecule has 0 bridgehead atoms. The molecule has 0 aliphatic rings. The summed E-state index contributed by atoms with van der Waals surface area (Å²) in [6, 6.07) is 15.3. The lowest BCUT2D eigenvalue weighted by Crippen LogP contribution is -2.15. The van der Waals surface area contributed by atoms with Crippen molar-refractivity contribution in [1.82, 2.24) is 0 Å². The fourth-order valence-corrected chi connectivity index (χ4v) is 3.05. The Morgan fingerprint density at radius 3 is 2.08 bits per heavy atom. The van der Waals surface area contributed by atoms with Crippen molar-refractivity contribution in [2.24, 2.45) is 0 Å². The first-order valence-electron chi connectivity index (χ1n) is 9.71. The van der Waals surface area contributed by atoms with Gasteiger partial charge in [-0.25, -0.2) is 4.39 Å². The standard InChI is InChI=1S/C23H31FO/c1-3-19-11-13-20(14-12-19)9-7-5-6-8-10-22(4-2)25-23-17-15-21(24)16-18-23/h11-18,22H,3-10H2,1-2H3. The second-order valence-corrected chi connectivity index (χ2v) is 6.72. The number of halogens is 1. The Bertz CT molecular complexity index is 588. The molecule has 0 saturated carbocycles. The van der Waals surface area contributed by atoms with Crippen molar-refractivity contribution in [3.63, 3.8) is 0 Å². The van der Waals surface area contributed by atoms with Crippen LogP contribution in [0.5, 0.6) is 5.75 Å². The van der Waals surface area contributed by atoms with Gasteiger partial charge < -0.3 is 4.74 Å². The molecule has 0 amide bonds. The third-order valence-electron chi connectivity index (χ3n) is 4.74. The van der Waals surface area contributed by atoms with Gasteiger partial charge in [-0.2, -0.15) is 0 Å². The minimum absolute atomic E-state index is 0.218. The monoisotopic (exact) mass is 342 g/mol. The quantitative estimate of drug-likeness (QED) is 0.411. The first-order chi connectivity index (χ1) is 12.2. The molecule has 0 spiro atoms. The highest BCUT2D eigenvalue weighted by Gasteiger charge is 2.08. The maximum atomic E-state index is 12.9. The van der Waals surface area contributed by atoms with Crippen molar-refractivity contribution in [2.45, 2.75) is 71.3 Å². The van der Waals surface area contributed by atoms with Crippen LogP contribution in [0.15, 0.2) is 48.5 Å². The third kappa shape index (κ3) is 7.29. The summed E-state index contributed by atoms with van der Waals surface area (Å²) in [7, 11) is 0. The Morgan fingerprint density at radius 1 is 0.800 bits per heavy atom. The van der Waals surface area contributed by atoms with Crippen LogP contribution in [0.3, 0.4) is 0 Å². The Labute approximate surface area is 152 Å². The van der Waals surface area contributed by atoms with Gasteiger partial charge in [0.05, 0.1) is 6.10 Å². The summed E-state index contributed by atoms with van der Waals surface area (Å²) in [5, 5.41) is 0. The Kier molecular flexibility index (Phi) is 8.51. The maximum absolute atomic E-state index is 12.9. The highest BCUT2D eigenvalue weighted by atomic mass is 19.1. The van der Waals surface area contributed by atoms with E-state index in [9.17, 15) is 4.39 Å². The van der Waals surface area contributed by atoms with Gasteiger partial charge in [0.25, 0.3) is 0 Å². The summed E-state index contributed by atoms with van der Waals surface area (Å²) in [6.07, 6.45) is 9.52. The molecule has 0 aromatic heterocycles. The molecule has 136 valence electrons. The first kappa shape index (κ1) is 19.5. The van der Waals surface area contributed by atoms with Crippen LogP contribution in [0.4, 0.5) is 4.39 Å². The van der Waals surface area contributed by atoms with Crippen LogP contribution in [0.2, 0.25) is 0 Å². The number of unbranched alkanes of at least 4 members (excludes halogenated alkanes) is 3. The lowest BCUT2D eigenvalue weighted by molar-refractivity contribution is 0.182. The van der Waals surface area contributed by atoms with Gasteiger partial charge in [0.2, 0.25) is 0 Å². The topological polar surface area (TPSA) is 9.23 Å². The number of hydrogen-bond acceptors (Lipinski definition) is 1. The molecular formula is C23H31FO. The molecule has 2 aromatic rings. The number of rotatable bonds is 11. The molecule has 0 fully saturated rings. The van der Waals surface area contributed by atoms with Gasteiger partial charge >= 0.3 is 0 Å². The molecule has 0 radical (unpaired) electrons. The maximum Gasteiger partial charge on any atom is 0.123 e. The Balaban J connectivity index is 1.59. The molecule has 0 aliphatic heterocycles. The highest BCUT2D eigenvalue weighted by Crippen LogP contribution is 2.18. The van der Waals surface area contributed by atoms with E-state index in [2.05, 4.69) is 38.1 Å². The zero-order valence-electron chi connectivity index (χ0n) is 15.6. The number of aryl methyl sites for hydroxylation is 2. The van der Waals surface area contributed by atoms with Crippen LogP contribution in [-0.4, -0.2) is 6.10 Å². The van der Waals surface area contributed by atoms with E-state index < -0.39 is 0 Å². The van der Waals surface area contributed by atoms with Crippen LogP contribution in [0, 0.1) is 5.82 Å². The summed E-state index contributed by atoms with van der Waals surface area (Å²) in [4.78, 5) is 0. The summed E-state index contributed by atoms with van der Waals surface area (Å²) >= 11 is 0. The summed E-state index contributed by atoms with van der Waals surface area (Å²) in [6.45, 7) is 4.34. The van der Waals surface area contributed by atoms with E-state index in [1.165, 1.54) is 55.4 Å². The largest absolute Gasteiger partial charge is 0.490 e. The first-order valence-corrected chi connectivity index (χ1v) is 9.71. The molecule has 0 aliphatic carbocycles. The minimum Gasteiger partial charge on any atom is -0.490 e. The predicted molar refractivity (Wildman–Crippen MR) is 104 cm³/mol.